The lowest BCUT2D eigenvalue weighted by atomic mass is 9.65. The zero-order valence-corrected chi connectivity index (χ0v) is 24.4. The van der Waals surface area contributed by atoms with Crippen molar-refractivity contribution in [3.63, 3.8) is 0 Å². The van der Waals surface area contributed by atoms with E-state index in [0.29, 0.717) is 12.8 Å². The fraction of sp³-hybridized carbons (Fsp3) is 0.500. The fourth-order valence-corrected chi connectivity index (χ4v) is 6.29. The van der Waals surface area contributed by atoms with Gasteiger partial charge in [0.1, 0.15) is 11.6 Å². The fourth-order valence-electron chi connectivity index (χ4n) is 5.98. The van der Waals surface area contributed by atoms with Crippen LogP contribution in [0.2, 0.25) is 5.02 Å². The van der Waals surface area contributed by atoms with E-state index in [1.165, 1.54) is 30.4 Å². The van der Waals surface area contributed by atoms with Gasteiger partial charge < -0.3 is 31.7 Å². The molecule has 7 N–H and O–H groups in total. The summed E-state index contributed by atoms with van der Waals surface area (Å²) in [7, 11) is 0. The molecule has 226 valence electrons. The Hall–Kier alpha value is -2.11. The second-order valence-electron chi connectivity index (χ2n) is 10.8. The third kappa shape index (κ3) is 7.46. The molecule has 6 atom stereocenters. The quantitative estimate of drug-likeness (QED) is 0.114. The predicted molar refractivity (Wildman–Crippen MR) is 158 cm³/mol. The monoisotopic (exact) mass is 613 g/mol. The molecule has 1 fully saturated rings. The summed E-state index contributed by atoms with van der Waals surface area (Å²) in [5, 5.41) is 35.5. The van der Waals surface area contributed by atoms with Crippen LogP contribution in [-0.2, 0) is 10.3 Å². The highest BCUT2D eigenvalue weighted by Gasteiger charge is 2.59. The number of hydrogen-bond acceptors (Lipinski definition) is 6. The summed E-state index contributed by atoms with van der Waals surface area (Å²) < 4.78 is 31.3. The first kappa shape index (κ1) is 33.4. The minimum Gasteiger partial charge on any atom is -0.396 e. The minimum absolute atomic E-state index is 0.00359. The number of alkyl halides is 1. The van der Waals surface area contributed by atoms with Gasteiger partial charge in [-0.15, -0.1) is 11.6 Å². The third-order valence-electron chi connectivity index (χ3n) is 8.18. The van der Waals surface area contributed by atoms with Gasteiger partial charge in [0.25, 0.3) is 0 Å². The lowest BCUT2D eigenvalue weighted by Gasteiger charge is -2.43. The molecule has 1 amide bonds. The average Bonchev–Trinajstić information content (AvgIpc) is 3.25. The number of rotatable bonds is 13. The second kappa shape index (κ2) is 14.9. The molecular formula is C30H39Cl2F2N3O4. The Kier molecular flexibility index (Phi) is 12.1. The molecule has 7 nitrogen and oxygen atoms in total. The van der Waals surface area contributed by atoms with Gasteiger partial charge in [-0.05, 0) is 55.2 Å². The number of amides is 1. The summed E-state index contributed by atoms with van der Waals surface area (Å²) in [5.41, 5.74) is 4.97. The van der Waals surface area contributed by atoms with Crippen molar-refractivity contribution in [1.29, 1.82) is 0 Å². The van der Waals surface area contributed by atoms with Gasteiger partial charge in [-0.1, -0.05) is 54.6 Å². The largest absolute Gasteiger partial charge is 0.396 e. The minimum atomic E-state index is -1.70. The van der Waals surface area contributed by atoms with Crippen LogP contribution in [0.1, 0.15) is 37.7 Å². The molecule has 1 saturated heterocycles. The maximum absolute atomic E-state index is 15.7. The number of benzene rings is 1. The third-order valence-corrected chi connectivity index (χ3v) is 8.65. The van der Waals surface area contributed by atoms with Crippen molar-refractivity contribution >= 4 is 29.1 Å². The lowest BCUT2D eigenvalue weighted by molar-refractivity contribution is -0.123. The van der Waals surface area contributed by atoms with Gasteiger partial charge in [-0.3, -0.25) is 4.79 Å². The number of nitrogens with two attached hydrogens (primary N) is 1. The Balaban J connectivity index is 2.22. The summed E-state index contributed by atoms with van der Waals surface area (Å²) in [6.07, 6.45) is 9.60. The van der Waals surface area contributed by atoms with E-state index < -0.39 is 65.1 Å². The highest BCUT2D eigenvalue weighted by Crippen LogP contribution is 2.50. The molecule has 0 radical (unpaired) electrons. The van der Waals surface area contributed by atoms with E-state index >= 15 is 8.78 Å². The van der Waals surface area contributed by atoms with Crippen molar-refractivity contribution in [2.24, 2.45) is 17.1 Å². The molecule has 0 aromatic heterocycles. The SMILES string of the molecule is C=C/C=C\C(=C(\F)CCl)[C@H]1[C@H](C(=O)NCC[C@H](O)CO)N[C@@H](CC2(CO)CC=CCC2)[C@]1(N)c1ccc(Cl)cc1F. The average molecular weight is 615 g/mol. The highest BCUT2D eigenvalue weighted by molar-refractivity contribution is 6.30. The van der Waals surface area contributed by atoms with Crippen LogP contribution in [0.25, 0.3) is 0 Å². The summed E-state index contributed by atoms with van der Waals surface area (Å²) in [5.74, 6) is -3.69. The number of aliphatic hydroxyl groups is 3. The molecule has 2 aliphatic rings. The van der Waals surface area contributed by atoms with E-state index in [4.69, 9.17) is 34.0 Å². The Morgan fingerprint density at radius 2 is 2.10 bits per heavy atom. The van der Waals surface area contributed by atoms with Crippen LogP contribution in [0.3, 0.4) is 0 Å². The van der Waals surface area contributed by atoms with Gasteiger partial charge >= 0.3 is 0 Å². The molecule has 1 aliphatic heterocycles. The number of carbonyl (C=O) groups is 1. The zero-order chi connectivity index (χ0) is 30.2. The molecule has 0 saturated carbocycles. The summed E-state index contributed by atoms with van der Waals surface area (Å²) >= 11 is 12.0. The van der Waals surface area contributed by atoms with Crippen LogP contribution in [0, 0.1) is 17.2 Å². The van der Waals surface area contributed by atoms with Crippen molar-refractivity contribution in [1.82, 2.24) is 10.6 Å². The zero-order valence-electron chi connectivity index (χ0n) is 22.8. The van der Waals surface area contributed by atoms with Crippen LogP contribution < -0.4 is 16.4 Å². The molecule has 3 rings (SSSR count). The normalized spacial score (nSPS) is 29.4. The maximum atomic E-state index is 15.7. The van der Waals surface area contributed by atoms with Crippen LogP contribution in [-0.4, -0.2) is 65.1 Å². The Labute approximate surface area is 249 Å². The Bertz CT molecular complexity index is 1180. The van der Waals surface area contributed by atoms with E-state index in [-0.39, 0.29) is 42.2 Å². The van der Waals surface area contributed by atoms with Crippen molar-refractivity contribution in [3.8, 4) is 0 Å². The van der Waals surface area contributed by atoms with E-state index in [1.807, 2.05) is 12.2 Å². The number of carbonyl (C=O) groups excluding carboxylic acids is 1. The molecule has 0 spiro atoms. The molecule has 11 heteroatoms. The molecule has 1 aromatic carbocycles. The second-order valence-corrected chi connectivity index (χ2v) is 11.5. The van der Waals surface area contributed by atoms with Crippen LogP contribution in [0.15, 0.2) is 66.6 Å². The molecule has 1 unspecified atom stereocenters. The first-order valence-electron chi connectivity index (χ1n) is 13.6. The molecule has 1 heterocycles. The van der Waals surface area contributed by atoms with Crippen LogP contribution in [0.4, 0.5) is 8.78 Å². The lowest BCUT2D eigenvalue weighted by Crippen LogP contribution is -2.54. The van der Waals surface area contributed by atoms with E-state index in [9.17, 15) is 15.0 Å². The first-order chi connectivity index (χ1) is 19.6. The van der Waals surface area contributed by atoms with Crippen LogP contribution >= 0.6 is 23.2 Å². The summed E-state index contributed by atoms with van der Waals surface area (Å²) in [4.78, 5) is 13.7. The van der Waals surface area contributed by atoms with Crippen LogP contribution in [0.5, 0.6) is 0 Å². The Morgan fingerprint density at radius 3 is 2.68 bits per heavy atom. The highest BCUT2D eigenvalue weighted by atomic mass is 35.5. The van der Waals surface area contributed by atoms with Gasteiger partial charge in [-0.2, -0.15) is 0 Å². The summed E-state index contributed by atoms with van der Waals surface area (Å²) in [6.45, 7) is 3.04. The smallest absolute Gasteiger partial charge is 0.237 e. The Morgan fingerprint density at radius 1 is 1.34 bits per heavy atom. The number of nitrogens with one attached hydrogen (secondary N) is 2. The van der Waals surface area contributed by atoms with E-state index in [2.05, 4.69) is 17.2 Å². The predicted octanol–water partition coefficient (Wildman–Crippen LogP) is 3.76. The van der Waals surface area contributed by atoms with Gasteiger partial charge in [0.15, 0.2) is 0 Å². The van der Waals surface area contributed by atoms with Crippen molar-refractivity contribution < 1.29 is 28.9 Å². The molecular weight excluding hydrogens is 575 g/mol. The standard InChI is InChI=1S/C30H39Cl2F2N3O4/c1-2-3-7-21(24(34)16-31)26-27(28(41)36-13-10-20(40)17-38)37-25(15-29(18-39)11-5-4-6-12-29)30(26,35)22-9-8-19(32)14-23(22)33/h2-5,7-9,14,20,25-27,37-40H,1,6,10-13,15-18,35H2,(H,36,41)/b7-3-,24-21-/t20-,25-,26-,27+,29?,30+/m0/s1. The topological polar surface area (TPSA) is 128 Å². The van der Waals surface area contributed by atoms with Gasteiger partial charge in [0.2, 0.25) is 5.91 Å². The van der Waals surface area contributed by atoms with Crippen molar-refractivity contribution in [2.75, 3.05) is 25.6 Å². The molecule has 1 aromatic rings. The van der Waals surface area contributed by atoms with Crippen molar-refractivity contribution in [3.05, 3.63) is 83.0 Å². The van der Waals surface area contributed by atoms with E-state index in [0.717, 1.165) is 12.5 Å². The molecule has 0 bridgehead atoms. The number of hydrogen-bond donors (Lipinski definition) is 6. The molecule has 1 aliphatic carbocycles. The number of allylic oxidation sites excluding steroid dienone is 6. The first-order valence-corrected chi connectivity index (χ1v) is 14.5. The van der Waals surface area contributed by atoms with Crippen molar-refractivity contribution in [2.45, 2.75) is 55.8 Å². The number of halogens is 4. The van der Waals surface area contributed by atoms with Gasteiger partial charge in [-0.25, -0.2) is 8.78 Å². The van der Waals surface area contributed by atoms with Gasteiger partial charge in [0, 0.05) is 35.7 Å². The number of aliphatic hydroxyl groups excluding tert-OH is 3. The molecule has 41 heavy (non-hydrogen) atoms. The van der Waals surface area contributed by atoms with E-state index in [1.54, 1.807) is 0 Å². The maximum Gasteiger partial charge on any atom is 0.237 e. The van der Waals surface area contributed by atoms with Gasteiger partial charge in [0.05, 0.1) is 30.2 Å². The summed E-state index contributed by atoms with van der Waals surface area (Å²) in [6, 6.07) is 2.10.